The summed E-state index contributed by atoms with van der Waals surface area (Å²) in [6, 6.07) is 7.93. The van der Waals surface area contributed by atoms with E-state index < -0.39 is 26.4 Å². The van der Waals surface area contributed by atoms with Crippen molar-refractivity contribution >= 4 is 67.3 Å². The van der Waals surface area contributed by atoms with Gasteiger partial charge in [-0.05, 0) is 30.7 Å². The number of hydrogen-bond donors (Lipinski definition) is 0. The largest absolute Gasteiger partial charge is 0.287 e. The molecule has 30 heavy (non-hydrogen) atoms. The lowest BCUT2D eigenvalue weighted by atomic mass is 10.1. The maximum atomic E-state index is 13.1. The van der Waals surface area contributed by atoms with E-state index in [4.69, 9.17) is 23.2 Å². The van der Waals surface area contributed by atoms with Gasteiger partial charge in [-0.3, -0.25) is 19.8 Å². The Kier molecular flexibility index (Phi) is 6.71. The molecule has 1 aliphatic rings. The Morgan fingerprint density at radius 1 is 1.20 bits per heavy atom. The SMILES string of the molecule is CS(=O)(=O)c1cc(C(=O)N2CCCSC2=Nc2ccc(Cl)c(Cl)c2)cc([N+](=O)[O-])c1. The van der Waals surface area contributed by atoms with Gasteiger partial charge in [0.2, 0.25) is 0 Å². The normalized spacial score (nSPS) is 16.0. The van der Waals surface area contributed by atoms with Gasteiger partial charge in [0, 0.05) is 36.2 Å². The summed E-state index contributed by atoms with van der Waals surface area (Å²) in [6.45, 7) is 0.336. The molecule has 0 spiro atoms. The minimum atomic E-state index is -3.75. The number of amides is 1. The van der Waals surface area contributed by atoms with E-state index in [1.54, 1.807) is 18.2 Å². The third-order valence-electron chi connectivity index (χ3n) is 4.14. The van der Waals surface area contributed by atoms with Gasteiger partial charge in [0.25, 0.3) is 11.6 Å². The van der Waals surface area contributed by atoms with Crippen LogP contribution in [0.2, 0.25) is 10.0 Å². The van der Waals surface area contributed by atoms with E-state index in [2.05, 4.69) is 4.99 Å². The van der Waals surface area contributed by atoms with Gasteiger partial charge in [-0.25, -0.2) is 13.4 Å². The second-order valence-electron chi connectivity index (χ2n) is 6.40. The molecular weight excluding hydrogens is 473 g/mol. The molecule has 8 nitrogen and oxygen atoms in total. The highest BCUT2D eigenvalue weighted by Gasteiger charge is 2.27. The number of amidine groups is 1. The highest BCUT2D eigenvalue weighted by Crippen LogP contribution is 2.30. The number of carbonyl (C=O) groups excluding carboxylic acids is 1. The van der Waals surface area contributed by atoms with Gasteiger partial charge in [-0.15, -0.1) is 0 Å². The number of non-ortho nitro benzene ring substituents is 1. The van der Waals surface area contributed by atoms with Crippen molar-refractivity contribution in [3.05, 3.63) is 62.1 Å². The second-order valence-corrected chi connectivity index (χ2v) is 10.3. The van der Waals surface area contributed by atoms with Crippen molar-refractivity contribution in [2.24, 2.45) is 4.99 Å². The first-order chi connectivity index (χ1) is 14.1. The molecule has 1 saturated heterocycles. The van der Waals surface area contributed by atoms with Crippen LogP contribution < -0.4 is 0 Å². The first kappa shape index (κ1) is 22.5. The van der Waals surface area contributed by atoms with E-state index >= 15 is 0 Å². The minimum absolute atomic E-state index is 0.103. The number of nitrogens with zero attached hydrogens (tertiary/aromatic N) is 3. The lowest BCUT2D eigenvalue weighted by molar-refractivity contribution is -0.385. The van der Waals surface area contributed by atoms with Gasteiger partial charge in [0.1, 0.15) is 0 Å². The fourth-order valence-corrected chi connectivity index (χ4v) is 4.61. The number of benzene rings is 2. The van der Waals surface area contributed by atoms with Crippen LogP contribution in [0.4, 0.5) is 11.4 Å². The van der Waals surface area contributed by atoms with Crippen molar-refractivity contribution in [3.63, 3.8) is 0 Å². The number of nitro benzene ring substituents is 1. The summed E-state index contributed by atoms with van der Waals surface area (Å²) in [7, 11) is -3.75. The fourth-order valence-electron chi connectivity index (χ4n) is 2.69. The molecule has 12 heteroatoms. The summed E-state index contributed by atoms with van der Waals surface area (Å²) in [5, 5.41) is 12.3. The fraction of sp³-hybridized carbons (Fsp3) is 0.222. The second kappa shape index (κ2) is 8.93. The molecule has 2 aromatic carbocycles. The highest BCUT2D eigenvalue weighted by molar-refractivity contribution is 8.13. The molecule has 0 bridgehead atoms. The van der Waals surface area contributed by atoms with E-state index in [0.717, 1.165) is 30.2 Å². The van der Waals surface area contributed by atoms with Crippen LogP contribution in [0.1, 0.15) is 16.8 Å². The van der Waals surface area contributed by atoms with Crippen LogP contribution in [-0.2, 0) is 9.84 Å². The van der Waals surface area contributed by atoms with Crippen LogP contribution in [0.25, 0.3) is 0 Å². The quantitative estimate of drug-likeness (QED) is 0.461. The predicted octanol–water partition coefficient (Wildman–Crippen LogP) is 4.57. The van der Waals surface area contributed by atoms with Crippen LogP contribution in [0.15, 0.2) is 46.3 Å². The third-order valence-corrected chi connectivity index (χ3v) is 7.03. The summed E-state index contributed by atoms with van der Waals surface area (Å²) >= 11 is 13.3. The molecule has 1 aliphatic heterocycles. The van der Waals surface area contributed by atoms with Gasteiger partial charge >= 0.3 is 0 Å². The summed E-state index contributed by atoms with van der Waals surface area (Å²) < 4.78 is 23.9. The molecule has 0 aliphatic carbocycles. The number of carbonyl (C=O) groups is 1. The molecule has 0 aromatic heterocycles. The molecule has 1 fully saturated rings. The number of thioether (sulfide) groups is 1. The Labute approximate surface area is 186 Å². The molecular formula is C18H15Cl2N3O5S2. The van der Waals surface area contributed by atoms with Crippen molar-refractivity contribution in [2.45, 2.75) is 11.3 Å². The molecule has 158 valence electrons. The molecule has 1 amide bonds. The summed E-state index contributed by atoms with van der Waals surface area (Å²) in [5.74, 6) is 0.155. The molecule has 0 atom stereocenters. The zero-order chi connectivity index (χ0) is 22.1. The van der Waals surface area contributed by atoms with Crippen LogP contribution in [0, 0.1) is 10.1 Å². The average molecular weight is 488 g/mol. The van der Waals surface area contributed by atoms with Gasteiger partial charge in [-0.1, -0.05) is 35.0 Å². The molecule has 2 aromatic rings. The number of hydrogen-bond acceptors (Lipinski definition) is 7. The number of aliphatic imine (C=N–C) groups is 1. The van der Waals surface area contributed by atoms with Gasteiger partial charge in [0.15, 0.2) is 15.0 Å². The van der Waals surface area contributed by atoms with Crippen molar-refractivity contribution < 1.29 is 18.1 Å². The standard InChI is InChI=1S/C18H15Cl2N3O5S2/c1-30(27,28)14-8-11(7-13(10-14)23(25)26)17(24)22-5-2-6-29-18(22)21-12-3-4-15(19)16(20)9-12/h3-4,7-10H,2,5-6H2,1H3. The number of sulfone groups is 1. The Hall–Kier alpha value is -2.14. The van der Waals surface area contributed by atoms with Crippen LogP contribution in [0.3, 0.4) is 0 Å². The van der Waals surface area contributed by atoms with Crippen molar-refractivity contribution in [1.29, 1.82) is 0 Å². The van der Waals surface area contributed by atoms with Crippen molar-refractivity contribution in [3.8, 4) is 0 Å². The Morgan fingerprint density at radius 2 is 1.93 bits per heavy atom. The molecule has 0 unspecified atom stereocenters. The Morgan fingerprint density at radius 3 is 2.57 bits per heavy atom. The van der Waals surface area contributed by atoms with Gasteiger partial charge in [-0.2, -0.15) is 0 Å². The average Bonchev–Trinajstić information content (AvgIpc) is 2.69. The molecule has 0 N–H and O–H groups in total. The lowest BCUT2D eigenvalue weighted by Crippen LogP contribution is -2.39. The minimum Gasteiger partial charge on any atom is -0.287 e. The topological polar surface area (TPSA) is 110 Å². The summed E-state index contributed by atoms with van der Waals surface area (Å²) in [4.78, 5) is 29.2. The summed E-state index contributed by atoms with van der Waals surface area (Å²) in [5.41, 5.74) is -0.0923. The van der Waals surface area contributed by atoms with E-state index in [1.165, 1.54) is 16.7 Å². The molecule has 0 saturated carbocycles. The van der Waals surface area contributed by atoms with Crippen LogP contribution >= 0.6 is 35.0 Å². The monoisotopic (exact) mass is 487 g/mol. The smallest absolute Gasteiger partial charge is 0.271 e. The maximum absolute atomic E-state index is 13.1. The van der Waals surface area contributed by atoms with Crippen LogP contribution in [0.5, 0.6) is 0 Å². The van der Waals surface area contributed by atoms with Crippen LogP contribution in [-0.4, -0.2) is 47.9 Å². The zero-order valence-corrected chi connectivity index (χ0v) is 18.7. The first-order valence-corrected chi connectivity index (χ1v) is 12.2. The zero-order valence-electron chi connectivity index (χ0n) is 15.5. The Bertz CT molecular complexity index is 1170. The predicted molar refractivity (Wildman–Crippen MR) is 118 cm³/mol. The Balaban J connectivity index is 2.03. The molecule has 3 rings (SSSR count). The number of halogens is 2. The third kappa shape index (κ3) is 5.12. The molecule has 0 radical (unpaired) electrons. The maximum Gasteiger partial charge on any atom is 0.271 e. The van der Waals surface area contributed by atoms with Gasteiger partial charge in [0.05, 0.1) is 25.6 Å². The van der Waals surface area contributed by atoms with E-state index in [-0.39, 0.29) is 10.5 Å². The lowest BCUT2D eigenvalue weighted by Gasteiger charge is -2.28. The van der Waals surface area contributed by atoms with Crippen molar-refractivity contribution in [1.82, 2.24) is 4.90 Å². The number of rotatable bonds is 4. The summed E-state index contributed by atoms with van der Waals surface area (Å²) in [6.07, 6.45) is 1.61. The van der Waals surface area contributed by atoms with E-state index in [0.29, 0.717) is 33.9 Å². The highest BCUT2D eigenvalue weighted by atomic mass is 35.5. The van der Waals surface area contributed by atoms with Crippen molar-refractivity contribution in [2.75, 3.05) is 18.6 Å². The van der Waals surface area contributed by atoms with E-state index in [9.17, 15) is 23.3 Å². The first-order valence-electron chi connectivity index (χ1n) is 8.54. The molecule has 1 heterocycles. The number of nitro groups is 1. The van der Waals surface area contributed by atoms with Gasteiger partial charge < -0.3 is 0 Å². The van der Waals surface area contributed by atoms with E-state index in [1.807, 2.05) is 0 Å².